The van der Waals surface area contributed by atoms with Crippen LogP contribution in [0.2, 0.25) is 0 Å². The van der Waals surface area contributed by atoms with E-state index in [0.29, 0.717) is 24.0 Å². The van der Waals surface area contributed by atoms with Gasteiger partial charge in [-0.15, -0.1) is 0 Å². The summed E-state index contributed by atoms with van der Waals surface area (Å²) >= 11 is 0. The topological polar surface area (TPSA) is 93.1 Å². The van der Waals surface area contributed by atoms with E-state index in [0.717, 1.165) is 24.8 Å². The van der Waals surface area contributed by atoms with Crippen LogP contribution in [0.15, 0.2) is 54.1 Å². The lowest BCUT2D eigenvalue weighted by molar-refractivity contribution is -0.151. The molecule has 0 radical (unpaired) electrons. The predicted octanol–water partition coefficient (Wildman–Crippen LogP) is 4.37. The van der Waals surface area contributed by atoms with Gasteiger partial charge in [-0.2, -0.15) is 0 Å². The van der Waals surface area contributed by atoms with E-state index in [-0.39, 0.29) is 36.3 Å². The molecule has 2 N–H and O–H groups in total. The highest BCUT2D eigenvalue weighted by Crippen LogP contribution is 2.61. The molecule has 1 unspecified atom stereocenters. The zero-order chi connectivity index (χ0) is 26.1. The fraction of sp³-hybridized carbons (Fsp3) is 0.517. The number of halogens is 1. The number of carbonyl (C=O) groups is 2. The molecule has 7 heteroatoms. The first-order valence-electron chi connectivity index (χ1n) is 12.6. The van der Waals surface area contributed by atoms with Gasteiger partial charge in [-0.1, -0.05) is 44.2 Å². The first kappa shape index (κ1) is 26.3. The van der Waals surface area contributed by atoms with Crippen LogP contribution in [0.1, 0.15) is 51.5 Å². The van der Waals surface area contributed by atoms with Crippen LogP contribution in [0.3, 0.4) is 0 Å². The third kappa shape index (κ3) is 4.91. The SMILES string of the molecule is C=C1CCC2[C@](C)(CO)[C@H](O)CC[C@@]2(C)[C@@H]1CC=C1C(=O)OC[C@H]1OC(=O)C=Cc1ccc(F)cc1. The Kier molecular flexibility index (Phi) is 7.53. The number of cyclic esters (lactones) is 1. The number of ether oxygens (including phenoxy) is 2. The first-order valence-corrected chi connectivity index (χ1v) is 12.6. The molecule has 0 spiro atoms. The number of hydrogen-bond acceptors (Lipinski definition) is 6. The number of aliphatic hydroxyl groups excluding tert-OH is 2. The van der Waals surface area contributed by atoms with Crippen molar-refractivity contribution >= 4 is 18.0 Å². The van der Waals surface area contributed by atoms with Crippen molar-refractivity contribution in [3.8, 4) is 0 Å². The van der Waals surface area contributed by atoms with Gasteiger partial charge in [-0.3, -0.25) is 0 Å². The van der Waals surface area contributed by atoms with Gasteiger partial charge >= 0.3 is 11.9 Å². The number of fused-ring (bicyclic) bond motifs is 1. The van der Waals surface area contributed by atoms with E-state index in [4.69, 9.17) is 9.47 Å². The van der Waals surface area contributed by atoms with Gasteiger partial charge in [0.25, 0.3) is 0 Å². The summed E-state index contributed by atoms with van der Waals surface area (Å²) in [6.45, 7) is 8.38. The van der Waals surface area contributed by atoms with Crippen LogP contribution in [-0.4, -0.2) is 47.6 Å². The normalized spacial score (nSPS) is 35.6. The highest BCUT2D eigenvalue weighted by molar-refractivity contribution is 5.93. The van der Waals surface area contributed by atoms with E-state index in [1.807, 2.05) is 13.0 Å². The number of carbonyl (C=O) groups excluding carboxylic acids is 2. The molecule has 1 saturated heterocycles. The monoisotopic (exact) mass is 498 g/mol. The van der Waals surface area contributed by atoms with Crippen LogP contribution in [0, 0.1) is 28.5 Å². The summed E-state index contributed by atoms with van der Waals surface area (Å²) < 4.78 is 23.7. The third-order valence-corrected chi connectivity index (χ3v) is 8.76. The van der Waals surface area contributed by atoms with E-state index in [1.165, 1.54) is 24.3 Å². The van der Waals surface area contributed by atoms with Crippen molar-refractivity contribution in [2.75, 3.05) is 13.2 Å². The van der Waals surface area contributed by atoms with Gasteiger partial charge < -0.3 is 19.7 Å². The van der Waals surface area contributed by atoms with Gasteiger partial charge in [-0.05, 0) is 73.1 Å². The Labute approximate surface area is 211 Å². The lowest BCUT2D eigenvalue weighted by Crippen LogP contribution is -2.57. The molecule has 0 aromatic heterocycles. The van der Waals surface area contributed by atoms with Crippen LogP contribution in [0.25, 0.3) is 6.08 Å². The summed E-state index contributed by atoms with van der Waals surface area (Å²) in [5.41, 5.74) is 1.30. The summed E-state index contributed by atoms with van der Waals surface area (Å²) in [7, 11) is 0. The molecule has 2 saturated carbocycles. The molecule has 1 aromatic carbocycles. The third-order valence-electron chi connectivity index (χ3n) is 8.76. The van der Waals surface area contributed by atoms with E-state index < -0.39 is 29.6 Å². The summed E-state index contributed by atoms with van der Waals surface area (Å²) in [5, 5.41) is 20.9. The number of esters is 2. The summed E-state index contributed by atoms with van der Waals surface area (Å²) in [4.78, 5) is 24.8. The fourth-order valence-corrected chi connectivity index (χ4v) is 6.57. The highest BCUT2D eigenvalue weighted by atomic mass is 19.1. The van der Waals surface area contributed by atoms with Crippen LogP contribution in [-0.2, 0) is 19.1 Å². The van der Waals surface area contributed by atoms with Crippen molar-refractivity contribution < 1.29 is 33.7 Å². The molecule has 1 heterocycles. The van der Waals surface area contributed by atoms with Crippen molar-refractivity contribution in [2.45, 2.75) is 58.2 Å². The van der Waals surface area contributed by atoms with Crippen molar-refractivity contribution in [1.82, 2.24) is 0 Å². The average Bonchev–Trinajstić information content (AvgIpc) is 3.19. The summed E-state index contributed by atoms with van der Waals surface area (Å²) in [6, 6.07) is 5.69. The zero-order valence-electron chi connectivity index (χ0n) is 20.9. The maximum absolute atomic E-state index is 13.1. The lowest BCUT2D eigenvalue weighted by Gasteiger charge is -2.59. The molecule has 3 aliphatic rings. The van der Waals surface area contributed by atoms with Crippen LogP contribution in [0.4, 0.5) is 4.39 Å². The molecule has 3 fully saturated rings. The van der Waals surface area contributed by atoms with Crippen LogP contribution >= 0.6 is 0 Å². The molecular weight excluding hydrogens is 463 g/mol. The Morgan fingerprint density at radius 1 is 1.28 bits per heavy atom. The predicted molar refractivity (Wildman–Crippen MR) is 133 cm³/mol. The maximum Gasteiger partial charge on any atom is 0.337 e. The van der Waals surface area contributed by atoms with E-state index in [1.54, 1.807) is 12.1 Å². The maximum atomic E-state index is 13.1. The van der Waals surface area contributed by atoms with Crippen LogP contribution in [0.5, 0.6) is 0 Å². The largest absolute Gasteiger partial charge is 0.458 e. The van der Waals surface area contributed by atoms with E-state index in [9.17, 15) is 24.2 Å². The van der Waals surface area contributed by atoms with E-state index >= 15 is 0 Å². The Balaban J connectivity index is 1.48. The van der Waals surface area contributed by atoms with Gasteiger partial charge in [0, 0.05) is 11.5 Å². The minimum atomic E-state index is -0.806. The molecule has 36 heavy (non-hydrogen) atoms. The minimum absolute atomic E-state index is 0.0406. The van der Waals surface area contributed by atoms with Crippen molar-refractivity contribution in [3.63, 3.8) is 0 Å². The second kappa shape index (κ2) is 10.3. The first-order chi connectivity index (χ1) is 17.1. The minimum Gasteiger partial charge on any atom is -0.458 e. The molecule has 2 aliphatic carbocycles. The Hall–Kier alpha value is -2.77. The Morgan fingerprint density at radius 2 is 2.00 bits per heavy atom. The molecular formula is C29H35FO6. The number of benzene rings is 1. The molecule has 1 aromatic rings. The number of allylic oxidation sites excluding steroid dienone is 2. The lowest BCUT2D eigenvalue weighted by atomic mass is 9.46. The number of rotatable bonds is 6. The van der Waals surface area contributed by atoms with Gasteiger partial charge in [0.15, 0.2) is 6.10 Å². The highest BCUT2D eigenvalue weighted by Gasteiger charge is 2.57. The summed E-state index contributed by atoms with van der Waals surface area (Å²) in [6.07, 6.45) is 6.81. The average molecular weight is 499 g/mol. The van der Waals surface area contributed by atoms with Crippen molar-refractivity contribution in [2.24, 2.45) is 22.7 Å². The second-order valence-electron chi connectivity index (χ2n) is 10.8. The van der Waals surface area contributed by atoms with Crippen LogP contribution < -0.4 is 0 Å². The molecule has 1 aliphatic heterocycles. The van der Waals surface area contributed by atoms with E-state index in [2.05, 4.69) is 13.5 Å². The van der Waals surface area contributed by atoms with Gasteiger partial charge in [0.2, 0.25) is 0 Å². The Morgan fingerprint density at radius 3 is 2.69 bits per heavy atom. The second-order valence-corrected chi connectivity index (χ2v) is 10.8. The summed E-state index contributed by atoms with van der Waals surface area (Å²) in [5.74, 6) is -1.31. The fourth-order valence-electron chi connectivity index (χ4n) is 6.57. The van der Waals surface area contributed by atoms with Gasteiger partial charge in [0.05, 0.1) is 18.3 Å². The molecule has 0 amide bonds. The molecule has 194 valence electrons. The molecule has 0 bridgehead atoms. The molecule has 6 atom stereocenters. The zero-order valence-corrected chi connectivity index (χ0v) is 20.9. The number of hydrogen-bond donors (Lipinski definition) is 2. The molecule has 6 nitrogen and oxygen atoms in total. The smallest absolute Gasteiger partial charge is 0.337 e. The standard InChI is InChI=1S/C29H35FO6/c1-18-4-12-24-28(2,15-14-25(32)29(24,3)17-31)22(18)11-10-21-23(16-35-27(21)34)36-26(33)13-7-19-5-8-20(30)9-6-19/h5-10,13,22-25,31-32H,1,4,11-12,14-17H2,2-3H3/t22-,23-,24?,25-,28+,29+/m1/s1. The van der Waals surface area contributed by atoms with Gasteiger partial charge in [-0.25, -0.2) is 14.0 Å². The number of aliphatic hydroxyl groups is 2. The van der Waals surface area contributed by atoms with Crippen molar-refractivity contribution in [3.05, 3.63) is 65.5 Å². The molecule has 4 rings (SSSR count). The van der Waals surface area contributed by atoms with Crippen molar-refractivity contribution in [1.29, 1.82) is 0 Å². The quantitative estimate of drug-likeness (QED) is 0.344. The van der Waals surface area contributed by atoms with Gasteiger partial charge in [0.1, 0.15) is 12.4 Å². The Bertz CT molecular complexity index is 1080.